The average molecular weight is 319 g/mol. The minimum atomic E-state index is -0.526. The number of H-pyrrole nitrogens is 1. The number of aromatic nitrogens is 1. The fourth-order valence-electron chi connectivity index (χ4n) is 1.60. The van der Waals surface area contributed by atoms with E-state index in [4.69, 9.17) is 16.8 Å². The number of carbonyl (C=O) groups excluding carboxylic acids is 1. The summed E-state index contributed by atoms with van der Waals surface area (Å²) in [5.74, 6) is -0.526. The molecule has 2 rings (SSSR count). The molecule has 3 N–H and O–H groups in total. The lowest BCUT2D eigenvalue weighted by atomic mass is 10.1. The fraction of sp³-hybridized carbons (Fsp3) is 0. The molecule has 1 aromatic heterocycles. The highest BCUT2D eigenvalue weighted by Crippen LogP contribution is 2.11. The molecule has 2 aromatic rings. The van der Waals surface area contributed by atoms with Gasteiger partial charge in [-0.15, -0.1) is 0 Å². The van der Waals surface area contributed by atoms with Crippen molar-refractivity contribution in [3.05, 3.63) is 69.1 Å². The van der Waals surface area contributed by atoms with Crippen molar-refractivity contribution in [3.8, 4) is 0 Å². The molecule has 0 aliphatic carbocycles. The first-order chi connectivity index (χ1) is 10.6. The smallest absolute Gasteiger partial charge is 0.272 e. The Hall–Kier alpha value is -2.93. The summed E-state index contributed by atoms with van der Waals surface area (Å²) in [4.78, 5) is 25.2. The van der Waals surface area contributed by atoms with Gasteiger partial charge < -0.3 is 10.2 Å². The zero-order valence-corrected chi connectivity index (χ0v) is 11.9. The van der Waals surface area contributed by atoms with Gasteiger partial charge in [0.25, 0.3) is 5.91 Å². The molecule has 0 aliphatic rings. The van der Waals surface area contributed by atoms with E-state index in [-0.39, 0.29) is 16.8 Å². The van der Waals surface area contributed by atoms with Crippen LogP contribution in [0.3, 0.4) is 0 Å². The Morgan fingerprint density at radius 3 is 2.73 bits per heavy atom. The van der Waals surface area contributed by atoms with Crippen LogP contribution in [0.2, 0.25) is 5.02 Å². The van der Waals surface area contributed by atoms with E-state index in [1.54, 1.807) is 24.3 Å². The lowest BCUT2D eigenvalue weighted by Gasteiger charge is -2.03. The highest BCUT2D eigenvalue weighted by molar-refractivity contribution is 6.39. The first-order valence-electron chi connectivity index (χ1n) is 6.10. The standard InChI is InChI=1S/C14H11ClN4O3/c15-11-3-1-2-9(6-11)12(8-17-22)18-19-14(21)10-4-5-13(20)16-7-10/h1-8,22H,(H,16,20)(H,19,21). The zero-order chi connectivity index (χ0) is 15.9. The molecule has 0 bridgehead atoms. The van der Waals surface area contributed by atoms with Crippen LogP contribution in [0.25, 0.3) is 0 Å². The summed E-state index contributed by atoms with van der Waals surface area (Å²) in [5.41, 5.74) is 2.99. The summed E-state index contributed by atoms with van der Waals surface area (Å²) >= 11 is 5.88. The average Bonchev–Trinajstić information content (AvgIpc) is 2.52. The molecule has 7 nitrogen and oxygen atoms in total. The Balaban J connectivity index is 2.22. The second kappa shape index (κ2) is 7.19. The van der Waals surface area contributed by atoms with E-state index in [0.717, 1.165) is 6.21 Å². The number of carbonyl (C=O) groups is 1. The number of nitrogens with zero attached hydrogens (tertiary/aromatic N) is 2. The molecule has 22 heavy (non-hydrogen) atoms. The van der Waals surface area contributed by atoms with E-state index in [1.165, 1.54) is 18.3 Å². The van der Waals surface area contributed by atoms with Crippen molar-refractivity contribution >= 4 is 29.4 Å². The number of oxime groups is 1. The van der Waals surface area contributed by atoms with Crippen LogP contribution in [0, 0.1) is 0 Å². The zero-order valence-electron chi connectivity index (χ0n) is 11.2. The first-order valence-corrected chi connectivity index (χ1v) is 6.48. The van der Waals surface area contributed by atoms with E-state index in [0.29, 0.717) is 10.6 Å². The summed E-state index contributed by atoms with van der Waals surface area (Å²) in [6.07, 6.45) is 2.34. The third-order valence-corrected chi connectivity index (χ3v) is 2.86. The van der Waals surface area contributed by atoms with Gasteiger partial charge in [0.05, 0.1) is 11.8 Å². The maximum absolute atomic E-state index is 11.9. The maximum Gasteiger partial charge on any atom is 0.272 e. The van der Waals surface area contributed by atoms with E-state index in [2.05, 4.69) is 20.7 Å². The number of benzene rings is 1. The number of hydrazone groups is 1. The molecule has 0 radical (unpaired) electrons. The van der Waals surface area contributed by atoms with Gasteiger partial charge in [-0.2, -0.15) is 5.10 Å². The van der Waals surface area contributed by atoms with Crippen molar-refractivity contribution in [3.63, 3.8) is 0 Å². The maximum atomic E-state index is 11.9. The Morgan fingerprint density at radius 1 is 1.27 bits per heavy atom. The van der Waals surface area contributed by atoms with Gasteiger partial charge in [0, 0.05) is 22.8 Å². The Kier molecular flexibility index (Phi) is 5.05. The number of hydrogen-bond acceptors (Lipinski definition) is 5. The van der Waals surface area contributed by atoms with Gasteiger partial charge >= 0.3 is 0 Å². The second-order valence-corrected chi connectivity index (χ2v) is 4.57. The van der Waals surface area contributed by atoms with Crippen LogP contribution in [0.5, 0.6) is 0 Å². The van der Waals surface area contributed by atoms with Crippen LogP contribution in [0.15, 0.2) is 57.6 Å². The molecular formula is C14H11ClN4O3. The molecular weight excluding hydrogens is 308 g/mol. The molecule has 1 heterocycles. The van der Waals surface area contributed by atoms with Gasteiger partial charge in [-0.05, 0) is 18.2 Å². The van der Waals surface area contributed by atoms with Crippen molar-refractivity contribution in [1.82, 2.24) is 10.4 Å². The van der Waals surface area contributed by atoms with Crippen LogP contribution in [-0.4, -0.2) is 28.0 Å². The van der Waals surface area contributed by atoms with Crippen LogP contribution in [0.4, 0.5) is 0 Å². The Bertz CT molecular complexity index is 778. The summed E-state index contributed by atoms with van der Waals surface area (Å²) in [6.45, 7) is 0. The van der Waals surface area contributed by atoms with Gasteiger partial charge in [0.1, 0.15) is 5.71 Å². The predicted molar refractivity (Wildman–Crippen MR) is 82.8 cm³/mol. The van der Waals surface area contributed by atoms with E-state index >= 15 is 0 Å². The van der Waals surface area contributed by atoms with Crippen LogP contribution in [-0.2, 0) is 0 Å². The van der Waals surface area contributed by atoms with Crippen LogP contribution >= 0.6 is 11.6 Å². The topological polar surface area (TPSA) is 107 Å². The van der Waals surface area contributed by atoms with Crippen molar-refractivity contribution in [1.29, 1.82) is 0 Å². The van der Waals surface area contributed by atoms with Crippen molar-refractivity contribution in [2.24, 2.45) is 10.3 Å². The summed E-state index contributed by atoms with van der Waals surface area (Å²) in [7, 11) is 0. The van der Waals surface area contributed by atoms with Gasteiger partial charge in [0.15, 0.2) is 0 Å². The molecule has 1 aromatic carbocycles. The minimum absolute atomic E-state index is 0.211. The Labute approximate surface area is 129 Å². The number of rotatable bonds is 4. The Morgan fingerprint density at radius 2 is 2.09 bits per heavy atom. The monoisotopic (exact) mass is 318 g/mol. The number of aromatic amines is 1. The first kappa shape index (κ1) is 15.5. The van der Waals surface area contributed by atoms with Crippen molar-refractivity contribution < 1.29 is 10.0 Å². The molecule has 0 spiro atoms. The highest BCUT2D eigenvalue weighted by atomic mass is 35.5. The second-order valence-electron chi connectivity index (χ2n) is 4.13. The molecule has 0 saturated carbocycles. The molecule has 0 unspecified atom stereocenters. The third kappa shape index (κ3) is 4.03. The molecule has 0 fully saturated rings. The lowest BCUT2D eigenvalue weighted by molar-refractivity contribution is 0.0954. The quantitative estimate of drug-likeness (QED) is 0.453. The number of halogens is 1. The molecule has 0 aliphatic heterocycles. The van der Waals surface area contributed by atoms with Crippen LogP contribution < -0.4 is 11.0 Å². The molecule has 1 amide bonds. The lowest BCUT2D eigenvalue weighted by Crippen LogP contribution is -2.21. The largest absolute Gasteiger partial charge is 0.411 e. The number of hydrogen-bond donors (Lipinski definition) is 3. The van der Waals surface area contributed by atoms with Gasteiger partial charge in [-0.3, -0.25) is 9.59 Å². The normalized spacial score (nSPS) is 11.6. The van der Waals surface area contributed by atoms with E-state index in [1.807, 2.05) is 0 Å². The predicted octanol–water partition coefficient (Wildman–Crippen LogP) is 1.62. The highest BCUT2D eigenvalue weighted by Gasteiger charge is 2.06. The van der Waals surface area contributed by atoms with E-state index < -0.39 is 5.91 Å². The SMILES string of the molecule is O=C(NN=C(C=NO)c1cccc(Cl)c1)c1ccc(=O)[nH]c1. The molecule has 0 atom stereocenters. The van der Waals surface area contributed by atoms with Gasteiger partial charge in [-0.1, -0.05) is 28.9 Å². The van der Waals surface area contributed by atoms with Gasteiger partial charge in [-0.25, -0.2) is 5.43 Å². The minimum Gasteiger partial charge on any atom is -0.411 e. The fourth-order valence-corrected chi connectivity index (χ4v) is 1.79. The molecule has 0 saturated heterocycles. The number of amides is 1. The van der Waals surface area contributed by atoms with Crippen molar-refractivity contribution in [2.45, 2.75) is 0 Å². The van der Waals surface area contributed by atoms with Crippen LogP contribution in [0.1, 0.15) is 15.9 Å². The molecule has 8 heteroatoms. The molecule has 112 valence electrons. The number of pyridine rings is 1. The van der Waals surface area contributed by atoms with E-state index in [9.17, 15) is 9.59 Å². The third-order valence-electron chi connectivity index (χ3n) is 2.62. The summed E-state index contributed by atoms with van der Waals surface area (Å²) < 4.78 is 0. The summed E-state index contributed by atoms with van der Waals surface area (Å²) in [6, 6.07) is 9.27. The van der Waals surface area contributed by atoms with Crippen molar-refractivity contribution in [2.75, 3.05) is 0 Å². The number of nitrogens with one attached hydrogen (secondary N) is 2. The van der Waals surface area contributed by atoms with Gasteiger partial charge in [0.2, 0.25) is 5.56 Å². The summed E-state index contributed by atoms with van der Waals surface area (Å²) in [5, 5.41) is 15.9.